The number of rotatable bonds is 4. The Hall–Kier alpha value is -1.94. The first-order chi connectivity index (χ1) is 9.83. The summed E-state index contributed by atoms with van der Waals surface area (Å²) in [6, 6.07) is 11.3. The molecule has 0 spiro atoms. The van der Waals surface area contributed by atoms with Crippen molar-refractivity contribution < 1.29 is 4.74 Å². The lowest BCUT2D eigenvalue weighted by molar-refractivity contribution is 0.125. The van der Waals surface area contributed by atoms with Crippen LogP contribution in [0.1, 0.15) is 26.3 Å². The molecule has 1 aromatic carbocycles. The molecule has 2 aromatic rings. The topological polar surface area (TPSA) is 60.2 Å². The van der Waals surface area contributed by atoms with Gasteiger partial charge in [0.25, 0.3) is 0 Å². The third-order valence-electron chi connectivity index (χ3n) is 2.68. The van der Waals surface area contributed by atoms with Gasteiger partial charge < -0.3 is 15.8 Å². The molecule has 2 rings (SSSR count). The summed E-state index contributed by atoms with van der Waals surface area (Å²) in [7, 11) is 0. The van der Waals surface area contributed by atoms with Gasteiger partial charge >= 0.3 is 0 Å². The van der Waals surface area contributed by atoms with E-state index in [1.165, 1.54) is 0 Å². The van der Waals surface area contributed by atoms with Gasteiger partial charge in [-0.15, -0.1) is 0 Å². The minimum atomic E-state index is -0.337. The molecule has 112 valence electrons. The van der Waals surface area contributed by atoms with E-state index < -0.39 is 0 Å². The highest BCUT2D eigenvalue weighted by molar-refractivity contribution is 6.30. The van der Waals surface area contributed by atoms with E-state index in [9.17, 15) is 0 Å². The van der Waals surface area contributed by atoms with Crippen molar-refractivity contribution in [2.24, 2.45) is 0 Å². The Kier molecular flexibility index (Phi) is 4.58. The first-order valence-electron chi connectivity index (χ1n) is 6.77. The summed E-state index contributed by atoms with van der Waals surface area (Å²) in [6.07, 6.45) is 0. The van der Waals surface area contributed by atoms with Crippen LogP contribution < -0.4 is 15.8 Å². The minimum absolute atomic E-state index is 0.337. The van der Waals surface area contributed by atoms with Gasteiger partial charge in [0.15, 0.2) is 0 Å². The molecule has 0 radical (unpaired) electrons. The van der Waals surface area contributed by atoms with Gasteiger partial charge in [0.2, 0.25) is 5.88 Å². The quantitative estimate of drug-likeness (QED) is 0.892. The highest BCUT2D eigenvalue weighted by Crippen LogP contribution is 2.25. The van der Waals surface area contributed by atoms with Crippen molar-refractivity contribution in [1.82, 2.24) is 4.98 Å². The van der Waals surface area contributed by atoms with Crippen LogP contribution in [0.4, 0.5) is 11.5 Å². The van der Waals surface area contributed by atoms with E-state index in [1.54, 1.807) is 6.07 Å². The van der Waals surface area contributed by atoms with Crippen molar-refractivity contribution in [2.45, 2.75) is 32.9 Å². The number of benzene rings is 1. The lowest BCUT2D eigenvalue weighted by atomic mass is 10.2. The number of nitrogens with one attached hydrogen (secondary N) is 1. The van der Waals surface area contributed by atoms with Crippen LogP contribution in [-0.2, 0) is 6.54 Å². The van der Waals surface area contributed by atoms with Crippen LogP contribution in [0.25, 0.3) is 0 Å². The van der Waals surface area contributed by atoms with Gasteiger partial charge in [0.05, 0.1) is 5.69 Å². The molecule has 0 atom stereocenters. The lowest BCUT2D eigenvalue weighted by Crippen LogP contribution is -2.24. The molecule has 0 aliphatic rings. The van der Waals surface area contributed by atoms with Crippen LogP contribution in [0.15, 0.2) is 36.4 Å². The lowest BCUT2D eigenvalue weighted by Gasteiger charge is -2.21. The number of halogens is 1. The number of pyridine rings is 1. The molecule has 5 heteroatoms. The fraction of sp³-hybridized carbons (Fsp3) is 0.312. The molecule has 0 unspecified atom stereocenters. The maximum absolute atomic E-state index is 5.89. The van der Waals surface area contributed by atoms with Gasteiger partial charge in [-0.05, 0) is 50.6 Å². The van der Waals surface area contributed by atoms with E-state index in [1.807, 2.05) is 51.1 Å². The molecule has 3 N–H and O–H groups in total. The molecule has 4 nitrogen and oxygen atoms in total. The summed E-state index contributed by atoms with van der Waals surface area (Å²) >= 11 is 5.87. The standard InChI is InChI=1S/C16H20ClN3O/c1-16(2,3)21-15-13(18)8-9-14(20-15)19-10-11-4-6-12(17)7-5-11/h4-9H,10,18H2,1-3H3,(H,19,20). The van der Waals surface area contributed by atoms with E-state index in [2.05, 4.69) is 10.3 Å². The van der Waals surface area contributed by atoms with Gasteiger partial charge in [0, 0.05) is 11.6 Å². The molecule has 0 saturated heterocycles. The molecule has 1 heterocycles. The summed E-state index contributed by atoms with van der Waals surface area (Å²) < 4.78 is 5.75. The van der Waals surface area contributed by atoms with Gasteiger partial charge in [-0.3, -0.25) is 0 Å². The number of hydrogen-bond acceptors (Lipinski definition) is 4. The molecular weight excluding hydrogens is 286 g/mol. The highest BCUT2D eigenvalue weighted by Gasteiger charge is 2.15. The molecule has 0 saturated carbocycles. The summed E-state index contributed by atoms with van der Waals surface area (Å²) in [5.41, 5.74) is 7.20. The summed E-state index contributed by atoms with van der Waals surface area (Å²) in [5, 5.41) is 3.97. The van der Waals surface area contributed by atoms with Gasteiger partial charge in [-0.1, -0.05) is 23.7 Å². The number of hydrogen-bond donors (Lipinski definition) is 2. The smallest absolute Gasteiger partial charge is 0.239 e. The first-order valence-corrected chi connectivity index (χ1v) is 7.15. The zero-order chi connectivity index (χ0) is 15.5. The second kappa shape index (κ2) is 6.22. The van der Waals surface area contributed by atoms with Crippen molar-refractivity contribution in [3.8, 4) is 5.88 Å². The fourth-order valence-electron chi connectivity index (χ4n) is 1.72. The predicted molar refractivity (Wildman–Crippen MR) is 87.8 cm³/mol. The van der Waals surface area contributed by atoms with E-state index in [-0.39, 0.29) is 5.60 Å². The number of aromatic nitrogens is 1. The van der Waals surface area contributed by atoms with Crippen molar-refractivity contribution >= 4 is 23.1 Å². The number of ether oxygens (including phenoxy) is 1. The molecular formula is C16H20ClN3O. The third kappa shape index (κ3) is 4.83. The monoisotopic (exact) mass is 305 g/mol. The molecule has 0 aliphatic carbocycles. The summed E-state index contributed by atoms with van der Waals surface area (Å²) in [6.45, 7) is 6.54. The van der Waals surface area contributed by atoms with Crippen molar-refractivity contribution in [2.75, 3.05) is 11.1 Å². The Balaban J connectivity index is 2.06. The zero-order valence-electron chi connectivity index (χ0n) is 12.5. The average Bonchev–Trinajstić information content (AvgIpc) is 2.40. The van der Waals surface area contributed by atoms with Crippen molar-refractivity contribution in [3.63, 3.8) is 0 Å². The zero-order valence-corrected chi connectivity index (χ0v) is 13.2. The molecule has 0 aliphatic heterocycles. The van der Waals surface area contributed by atoms with E-state index in [0.717, 1.165) is 16.4 Å². The summed E-state index contributed by atoms with van der Waals surface area (Å²) in [5.74, 6) is 1.17. The number of nitrogens with zero attached hydrogens (tertiary/aromatic N) is 1. The predicted octanol–water partition coefficient (Wildman–Crippen LogP) is 4.11. The van der Waals surface area contributed by atoms with Gasteiger partial charge in [-0.2, -0.15) is 4.98 Å². The second-order valence-corrected chi connectivity index (χ2v) is 6.22. The average molecular weight is 306 g/mol. The van der Waals surface area contributed by atoms with Crippen molar-refractivity contribution in [1.29, 1.82) is 0 Å². The second-order valence-electron chi connectivity index (χ2n) is 5.79. The van der Waals surface area contributed by atoms with E-state index in [4.69, 9.17) is 22.1 Å². The Morgan fingerprint density at radius 3 is 2.43 bits per heavy atom. The minimum Gasteiger partial charge on any atom is -0.470 e. The number of nitrogens with two attached hydrogens (primary N) is 1. The maximum atomic E-state index is 5.89. The van der Waals surface area contributed by atoms with E-state index in [0.29, 0.717) is 18.1 Å². The SMILES string of the molecule is CC(C)(C)Oc1nc(NCc2ccc(Cl)cc2)ccc1N. The number of nitrogen functional groups attached to an aromatic ring is 1. The molecule has 1 aromatic heterocycles. The Labute approximate surface area is 130 Å². The summed E-state index contributed by atoms with van der Waals surface area (Å²) in [4.78, 5) is 4.41. The first kappa shape index (κ1) is 15.4. The fourth-order valence-corrected chi connectivity index (χ4v) is 1.84. The van der Waals surface area contributed by atoms with Crippen LogP contribution in [0.5, 0.6) is 5.88 Å². The van der Waals surface area contributed by atoms with Crippen LogP contribution in [0.2, 0.25) is 5.02 Å². The molecule has 0 bridgehead atoms. The van der Waals surface area contributed by atoms with Crippen LogP contribution in [0, 0.1) is 0 Å². The van der Waals surface area contributed by atoms with Gasteiger partial charge in [0.1, 0.15) is 11.4 Å². The van der Waals surface area contributed by atoms with Crippen molar-refractivity contribution in [3.05, 3.63) is 47.0 Å². The Morgan fingerprint density at radius 1 is 1.14 bits per heavy atom. The molecule has 21 heavy (non-hydrogen) atoms. The molecule has 0 amide bonds. The Morgan fingerprint density at radius 2 is 1.81 bits per heavy atom. The molecule has 0 fully saturated rings. The maximum Gasteiger partial charge on any atom is 0.239 e. The number of anilines is 2. The van der Waals surface area contributed by atoms with Gasteiger partial charge in [-0.25, -0.2) is 0 Å². The highest BCUT2D eigenvalue weighted by atomic mass is 35.5. The largest absolute Gasteiger partial charge is 0.470 e. The van der Waals surface area contributed by atoms with Crippen LogP contribution in [0.3, 0.4) is 0 Å². The van der Waals surface area contributed by atoms with Crippen LogP contribution in [-0.4, -0.2) is 10.6 Å². The third-order valence-corrected chi connectivity index (χ3v) is 2.93. The normalized spacial score (nSPS) is 11.2. The van der Waals surface area contributed by atoms with Crippen LogP contribution >= 0.6 is 11.6 Å². The van der Waals surface area contributed by atoms with E-state index >= 15 is 0 Å². The Bertz CT molecular complexity index is 606.